The van der Waals surface area contributed by atoms with Gasteiger partial charge in [0.2, 0.25) is 0 Å². The van der Waals surface area contributed by atoms with Crippen LogP contribution in [-0.2, 0) is 13.6 Å². The topological polar surface area (TPSA) is 74.6 Å². The van der Waals surface area contributed by atoms with Crippen molar-refractivity contribution in [2.75, 3.05) is 5.75 Å². The van der Waals surface area contributed by atoms with Crippen molar-refractivity contribution in [3.8, 4) is 11.4 Å². The predicted molar refractivity (Wildman–Crippen MR) is 87.0 cm³/mol. The summed E-state index contributed by atoms with van der Waals surface area (Å²) in [5.74, 6) is 1.77. The lowest BCUT2D eigenvalue weighted by atomic mass is 10.1. The molecule has 0 amide bonds. The van der Waals surface area contributed by atoms with Crippen LogP contribution in [-0.4, -0.2) is 35.2 Å². The van der Waals surface area contributed by atoms with Crippen molar-refractivity contribution in [2.24, 2.45) is 7.05 Å². The maximum Gasteiger partial charge on any atom is 0.167 e. The Balaban J connectivity index is 1.57. The summed E-state index contributed by atoms with van der Waals surface area (Å²) in [4.78, 5) is 8.79. The van der Waals surface area contributed by atoms with Gasteiger partial charge in [-0.05, 0) is 22.4 Å². The van der Waals surface area contributed by atoms with Gasteiger partial charge in [-0.15, -0.1) is 0 Å². The summed E-state index contributed by atoms with van der Waals surface area (Å²) >= 11 is 1.72. The first-order valence-electron chi connectivity index (χ1n) is 7.16. The van der Waals surface area contributed by atoms with Crippen molar-refractivity contribution in [1.29, 1.82) is 0 Å². The average Bonchev–Trinajstić information content (AvgIpc) is 3.28. The molecule has 0 atom stereocenters. The maximum atomic E-state index is 4.83. The molecule has 4 rings (SSSR count). The largest absolute Gasteiger partial charge is 0.330 e. The first-order chi connectivity index (χ1) is 11.3. The summed E-state index contributed by atoms with van der Waals surface area (Å²) in [7, 11) is 2.00. The molecular weight excluding hydrogens is 312 g/mol. The van der Waals surface area contributed by atoms with E-state index in [1.807, 2.05) is 48.4 Å². The molecule has 116 valence electrons. The highest BCUT2D eigenvalue weighted by Gasteiger charge is 2.13. The summed E-state index contributed by atoms with van der Waals surface area (Å²) in [5.41, 5.74) is 2.40. The standard InChI is InChI=1S/C15H14N6OS/c1-20-7-5-17-15(20)23-10-9-21-8-6-16-14(21)11-3-2-4-12-13(11)19-22-18-12/h2-8H,9-10H2,1H3. The van der Waals surface area contributed by atoms with Crippen molar-refractivity contribution in [3.63, 3.8) is 0 Å². The Bertz CT molecular complexity index is 940. The lowest BCUT2D eigenvalue weighted by Gasteiger charge is -2.08. The van der Waals surface area contributed by atoms with E-state index in [0.29, 0.717) is 0 Å². The van der Waals surface area contributed by atoms with E-state index >= 15 is 0 Å². The maximum absolute atomic E-state index is 4.83. The summed E-state index contributed by atoms with van der Waals surface area (Å²) in [6, 6.07) is 5.79. The molecule has 0 aliphatic heterocycles. The molecule has 1 aromatic carbocycles. The second-order valence-electron chi connectivity index (χ2n) is 5.05. The molecule has 0 fully saturated rings. The Hall–Kier alpha value is -2.61. The molecule has 23 heavy (non-hydrogen) atoms. The van der Waals surface area contributed by atoms with E-state index in [9.17, 15) is 0 Å². The lowest BCUT2D eigenvalue weighted by molar-refractivity contribution is 0.315. The molecule has 0 aliphatic carbocycles. The Morgan fingerprint density at radius 3 is 2.91 bits per heavy atom. The first kappa shape index (κ1) is 14.0. The molecule has 8 heteroatoms. The van der Waals surface area contributed by atoms with Gasteiger partial charge in [-0.2, -0.15) is 0 Å². The van der Waals surface area contributed by atoms with Crippen LogP contribution in [0, 0.1) is 0 Å². The molecule has 7 nitrogen and oxygen atoms in total. The fraction of sp³-hybridized carbons (Fsp3) is 0.200. The monoisotopic (exact) mass is 326 g/mol. The Kier molecular flexibility index (Phi) is 3.58. The smallest absolute Gasteiger partial charge is 0.167 e. The number of aromatic nitrogens is 6. The number of imidazole rings is 2. The van der Waals surface area contributed by atoms with E-state index < -0.39 is 0 Å². The van der Waals surface area contributed by atoms with Crippen molar-refractivity contribution < 1.29 is 4.63 Å². The molecule has 4 aromatic rings. The molecule has 3 heterocycles. The van der Waals surface area contributed by atoms with E-state index in [1.165, 1.54) is 0 Å². The number of benzene rings is 1. The molecule has 0 bridgehead atoms. The van der Waals surface area contributed by atoms with Crippen LogP contribution in [0.2, 0.25) is 0 Å². The fourth-order valence-corrected chi connectivity index (χ4v) is 3.32. The van der Waals surface area contributed by atoms with Crippen molar-refractivity contribution >= 4 is 22.8 Å². The first-order valence-corrected chi connectivity index (χ1v) is 8.14. The van der Waals surface area contributed by atoms with E-state index in [-0.39, 0.29) is 0 Å². The van der Waals surface area contributed by atoms with E-state index in [2.05, 4.69) is 24.8 Å². The number of hydrogen-bond acceptors (Lipinski definition) is 6. The van der Waals surface area contributed by atoms with Crippen LogP contribution in [0.25, 0.3) is 22.4 Å². The van der Waals surface area contributed by atoms with Crippen molar-refractivity contribution in [2.45, 2.75) is 11.7 Å². The van der Waals surface area contributed by atoms with Gasteiger partial charge in [0.25, 0.3) is 0 Å². The summed E-state index contributed by atoms with van der Waals surface area (Å²) in [6.45, 7) is 0.828. The molecule has 0 aliphatic rings. The van der Waals surface area contributed by atoms with Crippen LogP contribution in [0.3, 0.4) is 0 Å². The van der Waals surface area contributed by atoms with Crippen molar-refractivity contribution in [1.82, 2.24) is 29.4 Å². The van der Waals surface area contributed by atoms with Crippen LogP contribution in [0.5, 0.6) is 0 Å². The zero-order valence-electron chi connectivity index (χ0n) is 12.5. The number of rotatable bonds is 5. The molecule has 0 radical (unpaired) electrons. The third-order valence-corrected chi connectivity index (χ3v) is 4.62. The van der Waals surface area contributed by atoms with Crippen LogP contribution >= 0.6 is 11.8 Å². The van der Waals surface area contributed by atoms with Gasteiger partial charge >= 0.3 is 0 Å². The zero-order chi connectivity index (χ0) is 15.6. The second-order valence-corrected chi connectivity index (χ2v) is 6.11. The Labute approximate surface area is 136 Å². The molecule has 3 aromatic heterocycles. The lowest BCUT2D eigenvalue weighted by Crippen LogP contribution is -2.03. The summed E-state index contributed by atoms with van der Waals surface area (Å²) in [6.07, 6.45) is 7.53. The van der Waals surface area contributed by atoms with Gasteiger partial charge in [0, 0.05) is 49.7 Å². The normalized spacial score (nSPS) is 11.3. The molecular formula is C15H14N6OS. The van der Waals surface area contributed by atoms with Gasteiger partial charge in [0.1, 0.15) is 16.9 Å². The van der Waals surface area contributed by atoms with E-state index in [1.54, 1.807) is 18.0 Å². The Morgan fingerprint density at radius 2 is 2.04 bits per heavy atom. The molecule has 0 N–H and O–H groups in total. The highest BCUT2D eigenvalue weighted by Crippen LogP contribution is 2.25. The number of aryl methyl sites for hydroxylation is 2. The van der Waals surface area contributed by atoms with Gasteiger partial charge < -0.3 is 9.13 Å². The van der Waals surface area contributed by atoms with Crippen molar-refractivity contribution in [3.05, 3.63) is 43.0 Å². The number of thioether (sulfide) groups is 1. The second kappa shape index (κ2) is 5.88. The quantitative estimate of drug-likeness (QED) is 0.525. The van der Waals surface area contributed by atoms with Gasteiger partial charge in [-0.25, -0.2) is 14.6 Å². The van der Waals surface area contributed by atoms with Crippen LogP contribution in [0.1, 0.15) is 0 Å². The minimum atomic E-state index is 0.733. The fourth-order valence-electron chi connectivity index (χ4n) is 2.45. The molecule has 0 saturated carbocycles. The van der Waals surface area contributed by atoms with Gasteiger partial charge in [0.05, 0.1) is 0 Å². The third kappa shape index (κ3) is 2.61. The zero-order valence-corrected chi connectivity index (χ0v) is 13.3. The number of fused-ring (bicyclic) bond motifs is 1. The molecule has 0 saturated heterocycles. The molecule has 0 spiro atoms. The van der Waals surface area contributed by atoms with Crippen LogP contribution < -0.4 is 0 Å². The highest BCUT2D eigenvalue weighted by atomic mass is 32.2. The SMILES string of the molecule is Cn1ccnc1SCCn1ccnc1-c1cccc2nonc12. The minimum Gasteiger partial charge on any atom is -0.330 e. The number of nitrogens with zero attached hydrogens (tertiary/aromatic N) is 6. The van der Waals surface area contributed by atoms with Crippen LogP contribution in [0.15, 0.2) is 52.8 Å². The third-order valence-electron chi connectivity index (χ3n) is 3.58. The summed E-state index contributed by atoms with van der Waals surface area (Å²) in [5, 5.41) is 8.89. The minimum absolute atomic E-state index is 0.733. The number of hydrogen-bond donors (Lipinski definition) is 0. The molecule has 0 unspecified atom stereocenters. The van der Waals surface area contributed by atoms with Crippen LogP contribution in [0.4, 0.5) is 0 Å². The Morgan fingerprint density at radius 1 is 1.13 bits per heavy atom. The van der Waals surface area contributed by atoms with E-state index in [4.69, 9.17) is 4.63 Å². The summed E-state index contributed by atoms with van der Waals surface area (Å²) < 4.78 is 8.96. The van der Waals surface area contributed by atoms with E-state index in [0.717, 1.165) is 39.9 Å². The highest BCUT2D eigenvalue weighted by molar-refractivity contribution is 7.99. The average molecular weight is 326 g/mol. The van der Waals surface area contributed by atoms with Gasteiger partial charge in [-0.3, -0.25) is 0 Å². The van der Waals surface area contributed by atoms with Gasteiger partial charge in [0.15, 0.2) is 5.16 Å². The predicted octanol–water partition coefficient (Wildman–Crippen LogP) is 2.61. The van der Waals surface area contributed by atoms with Gasteiger partial charge in [-0.1, -0.05) is 17.8 Å².